The number of carbonyl (C=O) groups is 1. The molecule has 1 N–H and O–H groups in total. The Kier molecular flexibility index (Phi) is 5.88. The molecule has 0 spiro atoms. The molecule has 1 saturated heterocycles. The summed E-state index contributed by atoms with van der Waals surface area (Å²) in [5, 5.41) is 2.84. The molecule has 2 heterocycles. The van der Waals surface area contributed by atoms with Crippen molar-refractivity contribution >= 4 is 17.4 Å². The second-order valence-corrected chi connectivity index (χ2v) is 6.18. The van der Waals surface area contributed by atoms with Crippen molar-refractivity contribution in [3.63, 3.8) is 0 Å². The van der Waals surface area contributed by atoms with Crippen LogP contribution in [-0.2, 0) is 0 Å². The summed E-state index contributed by atoms with van der Waals surface area (Å²) in [5.41, 5.74) is 0.857. The molecule has 0 saturated carbocycles. The molecule has 0 bridgehead atoms. The van der Waals surface area contributed by atoms with Crippen molar-refractivity contribution in [3.05, 3.63) is 36.3 Å². The first kappa shape index (κ1) is 18.0. The van der Waals surface area contributed by atoms with E-state index < -0.39 is 0 Å². The van der Waals surface area contributed by atoms with Gasteiger partial charge in [-0.3, -0.25) is 4.79 Å². The molecule has 138 valence electrons. The minimum Gasteiger partial charge on any atom is -0.497 e. The van der Waals surface area contributed by atoms with Crippen molar-refractivity contribution in [2.24, 2.45) is 0 Å². The molecule has 1 fully saturated rings. The van der Waals surface area contributed by atoms with Gasteiger partial charge in [0.1, 0.15) is 29.3 Å². The molecular weight excluding hydrogens is 332 g/mol. The number of ether oxygens (including phenoxy) is 2. The monoisotopic (exact) mass is 356 g/mol. The Balaban J connectivity index is 1.79. The first-order valence-corrected chi connectivity index (χ1v) is 8.81. The standard InChI is InChI=1S/C19H24N4O3/c1-25-14-7-8-17(26-2)15(11-14)22-19(24)16-12-18(21-13-20-16)23-9-5-3-4-6-10-23/h7-8,11-13H,3-6,9-10H2,1-2H3,(H,22,24). The van der Waals surface area contributed by atoms with Gasteiger partial charge < -0.3 is 19.7 Å². The van der Waals surface area contributed by atoms with Gasteiger partial charge in [-0.25, -0.2) is 9.97 Å². The lowest BCUT2D eigenvalue weighted by atomic mass is 10.2. The van der Waals surface area contributed by atoms with Gasteiger partial charge in [-0.1, -0.05) is 12.8 Å². The van der Waals surface area contributed by atoms with Gasteiger partial charge in [0.25, 0.3) is 5.91 Å². The fourth-order valence-corrected chi connectivity index (χ4v) is 3.04. The Morgan fingerprint density at radius 3 is 2.50 bits per heavy atom. The highest BCUT2D eigenvalue weighted by Gasteiger charge is 2.16. The summed E-state index contributed by atoms with van der Waals surface area (Å²) in [6, 6.07) is 6.98. The van der Waals surface area contributed by atoms with Gasteiger partial charge in [-0.15, -0.1) is 0 Å². The van der Waals surface area contributed by atoms with E-state index in [0.29, 0.717) is 22.9 Å². The van der Waals surface area contributed by atoms with E-state index in [1.54, 1.807) is 38.5 Å². The zero-order valence-electron chi connectivity index (χ0n) is 15.2. The molecule has 0 unspecified atom stereocenters. The molecule has 1 aliphatic heterocycles. The van der Waals surface area contributed by atoms with Crippen LogP contribution >= 0.6 is 0 Å². The van der Waals surface area contributed by atoms with Crippen LogP contribution in [0.1, 0.15) is 36.2 Å². The average molecular weight is 356 g/mol. The van der Waals surface area contributed by atoms with E-state index in [-0.39, 0.29) is 5.91 Å². The molecule has 0 aliphatic carbocycles. The minimum absolute atomic E-state index is 0.310. The minimum atomic E-state index is -0.310. The number of hydrogen-bond acceptors (Lipinski definition) is 6. The number of rotatable bonds is 5. The van der Waals surface area contributed by atoms with Gasteiger partial charge in [0.15, 0.2) is 0 Å². The molecule has 3 rings (SSSR count). The summed E-state index contributed by atoms with van der Waals surface area (Å²) >= 11 is 0. The Hall–Kier alpha value is -2.83. The summed E-state index contributed by atoms with van der Waals surface area (Å²) in [7, 11) is 3.13. The lowest BCUT2D eigenvalue weighted by molar-refractivity contribution is 0.102. The van der Waals surface area contributed by atoms with Crippen LogP contribution in [0.25, 0.3) is 0 Å². The van der Waals surface area contributed by atoms with Crippen LogP contribution in [0.5, 0.6) is 11.5 Å². The zero-order chi connectivity index (χ0) is 18.4. The van der Waals surface area contributed by atoms with Crippen molar-refractivity contribution in [2.45, 2.75) is 25.7 Å². The molecule has 0 atom stereocenters. The van der Waals surface area contributed by atoms with E-state index in [1.807, 2.05) is 0 Å². The van der Waals surface area contributed by atoms with E-state index >= 15 is 0 Å². The number of methoxy groups -OCH3 is 2. The van der Waals surface area contributed by atoms with Crippen molar-refractivity contribution in [1.29, 1.82) is 0 Å². The van der Waals surface area contributed by atoms with E-state index in [9.17, 15) is 4.79 Å². The van der Waals surface area contributed by atoms with E-state index in [4.69, 9.17) is 9.47 Å². The van der Waals surface area contributed by atoms with Crippen molar-refractivity contribution < 1.29 is 14.3 Å². The number of anilines is 2. The number of hydrogen-bond donors (Lipinski definition) is 1. The fraction of sp³-hybridized carbons (Fsp3) is 0.421. The van der Waals surface area contributed by atoms with Crippen LogP contribution in [0.4, 0.5) is 11.5 Å². The number of nitrogens with zero attached hydrogens (tertiary/aromatic N) is 3. The molecule has 7 heteroatoms. The first-order valence-electron chi connectivity index (χ1n) is 8.81. The fourth-order valence-electron chi connectivity index (χ4n) is 3.04. The molecular formula is C19H24N4O3. The van der Waals surface area contributed by atoms with Gasteiger partial charge in [0.05, 0.1) is 19.9 Å². The van der Waals surface area contributed by atoms with Crippen LogP contribution in [-0.4, -0.2) is 43.2 Å². The summed E-state index contributed by atoms with van der Waals surface area (Å²) in [6.07, 6.45) is 6.21. The number of carbonyl (C=O) groups excluding carboxylic acids is 1. The Morgan fingerprint density at radius 1 is 1.04 bits per heavy atom. The topological polar surface area (TPSA) is 76.6 Å². The Labute approximate surface area is 153 Å². The predicted octanol–water partition coefficient (Wildman–Crippen LogP) is 3.13. The van der Waals surface area contributed by atoms with E-state index in [1.165, 1.54) is 19.2 Å². The number of nitrogens with one attached hydrogen (secondary N) is 1. The van der Waals surface area contributed by atoms with Gasteiger partial charge in [0.2, 0.25) is 0 Å². The lowest BCUT2D eigenvalue weighted by Gasteiger charge is -2.21. The summed E-state index contributed by atoms with van der Waals surface area (Å²) in [4.78, 5) is 23.4. The molecule has 1 amide bonds. The SMILES string of the molecule is COc1ccc(OC)c(NC(=O)c2cc(N3CCCCCC3)ncn2)c1. The molecule has 0 radical (unpaired) electrons. The van der Waals surface area contributed by atoms with Gasteiger partial charge in [0, 0.05) is 25.2 Å². The third kappa shape index (κ3) is 4.22. The first-order chi connectivity index (χ1) is 12.7. The smallest absolute Gasteiger partial charge is 0.274 e. The molecule has 2 aromatic rings. The normalized spacial score (nSPS) is 14.5. The average Bonchev–Trinajstić information content (AvgIpc) is 2.97. The highest BCUT2D eigenvalue weighted by atomic mass is 16.5. The number of aromatic nitrogens is 2. The highest BCUT2D eigenvalue weighted by Crippen LogP contribution is 2.29. The van der Waals surface area contributed by atoms with Gasteiger partial charge in [-0.05, 0) is 25.0 Å². The van der Waals surface area contributed by atoms with Crippen LogP contribution in [0.15, 0.2) is 30.6 Å². The van der Waals surface area contributed by atoms with E-state index in [2.05, 4.69) is 20.2 Å². The van der Waals surface area contributed by atoms with Crippen molar-refractivity contribution in [2.75, 3.05) is 37.5 Å². The summed E-state index contributed by atoms with van der Waals surface area (Å²) < 4.78 is 10.5. The lowest BCUT2D eigenvalue weighted by Crippen LogP contribution is -2.25. The summed E-state index contributed by atoms with van der Waals surface area (Å²) in [5.74, 6) is 1.68. The molecule has 26 heavy (non-hydrogen) atoms. The highest BCUT2D eigenvalue weighted by molar-refractivity contribution is 6.04. The maximum atomic E-state index is 12.7. The molecule has 7 nitrogen and oxygen atoms in total. The van der Waals surface area contributed by atoms with Gasteiger partial charge >= 0.3 is 0 Å². The molecule has 1 aliphatic rings. The third-order valence-electron chi connectivity index (χ3n) is 4.47. The van der Waals surface area contributed by atoms with Crippen molar-refractivity contribution in [3.8, 4) is 11.5 Å². The van der Waals surface area contributed by atoms with Crippen LogP contribution in [0, 0.1) is 0 Å². The van der Waals surface area contributed by atoms with Crippen LogP contribution in [0.3, 0.4) is 0 Å². The third-order valence-corrected chi connectivity index (χ3v) is 4.47. The van der Waals surface area contributed by atoms with Crippen LogP contribution < -0.4 is 19.7 Å². The zero-order valence-corrected chi connectivity index (χ0v) is 15.2. The maximum Gasteiger partial charge on any atom is 0.274 e. The molecule has 1 aromatic heterocycles. The second kappa shape index (κ2) is 8.51. The van der Waals surface area contributed by atoms with E-state index in [0.717, 1.165) is 31.7 Å². The quantitative estimate of drug-likeness (QED) is 0.887. The van der Waals surface area contributed by atoms with Crippen molar-refractivity contribution in [1.82, 2.24) is 9.97 Å². The van der Waals surface area contributed by atoms with Crippen LogP contribution in [0.2, 0.25) is 0 Å². The Morgan fingerprint density at radius 2 is 1.81 bits per heavy atom. The Bertz CT molecular complexity index is 758. The maximum absolute atomic E-state index is 12.7. The summed E-state index contributed by atoms with van der Waals surface area (Å²) in [6.45, 7) is 1.92. The second-order valence-electron chi connectivity index (χ2n) is 6.18. The predicted molar refractivity (Wildman–Crippen MR) is 100 cm³/mol. The van der Waals surface area contributed by atoms with Gasteiger partial charge in [-0.2, -0.15) is 0 Å². The molecule has 1 aromatic carbocycles. The largest absolute Gasteiger partial charge is 0.497 e. The number of benzene rings is 1. The number of amides is 1.